The Kier molecular flexibility index (Phi) is 5.10. The van der Waals surface area contributed by atoms with Crippen LogP contribution in [-0.4, -0.2) is 52.8 Å². The Hall–Kier alpha value is -1.60. The van der Waals surface area contributed by atoms with Gasteiger partial charge in [0.2, 0.25) is 0 Å². The molecule has 0 unspecified atom stereocenters. The number of hydrogen-bond donors (Lipinski definition) is 1. The van der Waals surface area contributed by atoms with E-state index >= 15 is 0 Å². The molecule has 0 radical (unpaired) electrons. The van der Waals surface area contributed by atoms with Crippen molar-refractivity contribution in [3.8, 4) is 0 Å². The van der Waals surface area contributed by atoms with Gasteiger partial charge in [-0.25, -0.2) is 4.79 Å². The van der Waals surface area contributed by atoms with Crippen LogP contribution < -0.4 is 5.32 Å². The Morgan fingerprint density at radius 3 is 2.92 bits per heavy atom. The van der Waals surface area contributed by atoms with Crippen molar-refractivity contribution in [3.05, 3.63) is 18.0 Å². The summed E-state index contributed by atoms with van der Waals surface area (Å²) in [5.74, 6) is -0.216. The third-order valence-electron chi connectivity index (χ3n) is 4.84. The highest BCUT2D eigenvalue weighted by molar-refractivity contribution is 5.75. The highest BCUT2D eigenvalue weighted by atomic mass is 16.7. The van der Waals surface area contributed by atoms with Crippen molar-refractivity contribution in [1.82, 2.24) is 20.0 Å². The maximum absolute atomic E-state index is 12.6. The van der Waals surface area contributed by atoms with E-state index < -0.39 is 5.79 Å². The van der Waals surface area contributed by atoms with Gasteiger partial charge >= 0.3 is 6.03 Å². The topological polar surface area (TPSA) is 68.6 Å². The van der Waals surface area contributed by atoms with Crippen LogP contribution in [0.15, 0.2) is 12.4 Å². The summed E-state index contributed by atoms with van der Waals surface area (Å²) >= 11 is 0. The number of rotatable bonds is 5. The first kappa shape index (κ1) is 17.2. The fourth-order valence-electron chi connectivity index (χ4n) is 3.71. The third kappa shape index (κ3) is 3.89. The monoisotopic (exact) mass is 336 g/mol. The summed E-state index contributed by atoms with van der Waals surface area (Å²) in [6.45, 7) is 6.80. The first-order valence-corrected chi connectivity index (χ1v) is 8.78. The number of nitrogens with one attached hydrogen (secondary N) is 1. The number of ether oxygens (including phenoxy) is 2. The summed E-state index contributed by atoms with van der Waals surface area (Å²) in [5, 5.41) is 7.30. The minimum atomic E-state index is -0.504. The molecule has 1 aromatic heterocycles. The van der Waals surface area contributed by atoms with Gasteiger partial charge in [0, 0.05) is 38.3 Å². The number of nitrogens with zero attached hydrogens (tertiary/aromatic N) is 3. The van der Waals surface area contributed by atoms with Crippen LogP contribution in [0.25, 0.3) is 0 Å². The molecule has 0 spiro atoms. The summed E-state index contributed by atoms with van der Waals surface area (Å²) in [6, 6.07) is 0.139. The maximum atomic E-state index is 12.6. The number of carbonyl (C=O) groups excluding carboxylic acids is 1. The number of likely N-dealkylation sites (tertiary alicyclic amines) is 1. The number of hydrogen-bond acceptors (Lipinski definition) is 4. The smallest absolute Gasteiger partial charge is 0.317 e. The van der Waals surface area contributed by atoms with E-state index in [1.807, 2.05) is 31.3 Å². The van der Waals surface area contributed by atoms with Gasteiger partial charge in [0.05, 0.1) is 25.5 Å². The summed E-state index contributed by atoms with van der Waals surface area (Å²) in [5.41, 5.74) is 1.11. The molecule has 0 aliphatic carbocycles. The molecule has 2 atom stereocenters. The predicted octanol–water partition coefficient (Wildman–Crippen LogP) is 2.06. The van der Waals surface area contributed by atoms with E-state index in [0.717, 1.165) is 31.4 Å². The molecule has 2 amide bonds. The van der Waals surface area contributed by atoms with E-state index in [0.29, 0.717) is 19.8 Å². The van der Waals surface area contributed by atoms with Crippen molar-refractivity contribution < 1.29 is 14.3 Å². The van der Waals surface area contributed by atoms with Crippen molar-refractivity contribution >= 4 is 6.03 Å². The lowest BCUT2D eigenvalue weighted by Crippen LogP contribution is -2.42. The lowest BCUT2D eigenvalue weighted by molar-refractivity contribution is -0.153. The molecule has 134 valence electrons. The molecule has 1 N–H and O–H groups in total. The third-order valence-corrected chi connectivity index (χ3v) is 4.84. The molecule has 0 saturated carbocycles. The number of aromatic nitrogens is 2. The number of amides is 2. The second kappa shape index (κ2) is 7.11. The highest BCUT2D eigenvalue weighted by Crippen LogP contribution is 2.31. The van der Waals surface area contributed by atoms with Gasteiger partial charge in [0.25, 0.3) is 0 Å². The lowest BCUT2D eigenvalue weighted by atomic mass is 10.0. The number of urea groups is 1. The minimum absolute atomic E-state index is 0.00612. The van der Waals surface area contributed by atoms with Gasteiger partial charge in [-0.05, 0) is 25.7 Å². The van der Waals surface area contributed by atoms with E-state index in [4.69, 9.17) is 9.47 Å². The molecule has 7 heteroatoms. The average Bonchev–Trinajstić information content (AvgIpc) is 3.25. The van der Waals surface area contributed by atoms with Crippen LogP contribution in [0.1, 0.15) is 44.7 Å². The largest absolute Gasteiger partial charge is 0.348 e. The summed E-state index contributed by atoms with van der Waals surface area (Å²) in [4.78, 5) is 14.5. The van der Waals surface area contributed by atoms with Crippen molar-refractivity contribution in [3.63, 3.8) is 0 Å². The van der Waals surface area contributed by atoms with E-state index in [-0.39, 0.29) is 18.0 Å². The fraction of sp³-hybridized carbons (Fsp3) is 0.765. The SMILES string of the molecule is C[C@@H](CNC(=O)N1CCC[C@@H]1c1cnn(C)c1)CC1(C)OCCO1. The van der Waals surface area contributed by atoms with Crippen LogP contribution in [0.4, 0.5) is 4.79 Å². The normalized spacial score (nSPS) is 24.3. The molecule has 3 heterocycles. The Morgan fingerprint density at radius 2 is 2.25 bits per heavy atom. The summed E-state index contributed by atoms with van der Waals surface area (Å²) < 4.78 is 13.1. The van der Waals surface area contributed by atoms with E-state index in [1.165, 1.54) is 0 Å². The van der Waals surface area contributed by atoms with E-state index in [1.54, 1.807) is 4.68 Å². The van der Waals surface area contributed by atoms with Gasteiger partial charge < -0.3 is 19.7 Å². The van der Waals surface area contributed by atoms with Crippen molar-refractivity contribution in [2.45, 2.75) is 44.9 Å². The molecule has 2 fully saturated rings. The van der Waals surface area contributed by atoms with Crippen LogP contribution in [-0.2, 0) is 16.5 Å². The molecule has 0 bridgehead atoms. The van der Waals surface area contributed by atoms with Crippen LogP contribution in [0.2, 0.25) is 0 Å². The zero-order valence-electron chi connectivity index (χ0n) is 14.8. The first-order valence-electron chi connectivity index (χ1n) is 8.78. The zero-order valence-corrected chi connectivity index (χ0v) is 14.8. The van der Waals surface area contributed by atoms with Crippen LogP contribution in [0, 0.1) is 5.92 Å². The molecule has 7 nitrogen and oxygen atoms in total. The average molecular weight is 336 g/mol. The minimum Gasteiger partial charge on any atom is -0.348 e. The molecule has 1 aromatic rings. The molecular formula is C17H28N4O3. The molecule has 2 aliphatic heterocycles. The molecule has 2 saturated heterocycles. The second-order valence-electron chi connectivity index (χ2n) is 7.12. The molecule has 24 heavy (non-hydrogen) atoms. The predicted molar refractivity (Wildman–Crippen MR) is 89.4 cm³/mol. The molecule has 3 rings (SSSR count). The van der Waals surface area contributed by atoms with Crippen molar-refractivity contribution in [1.29, 1.82) is 0 Å². The Bertz CT molecular complexity index is 568. The first-order chi connectivity index (χ1) is 11.5. The molecular weight excluding hydrogens is 308 g/mol. The standard InChI is InChI=1S/C17H28N4O3/c1-13(9-17(2)23-7-8-24-17)10-18-16(22)21-6-4-5-15(21)14-11-19-20(3)12-14/h11-13,15H,4-10H2,1-3H3,(H,18,22)/t13-,15-/m1/s1. The summed E-state index contributed by atoms with van der Waals surface area (Å²) in [7, 11) is 1.90. The van der Waals surface area contributed by atoms with Gasteiger partial charge in [0.1, 0.15) is 0 Å². The molecule has 2 aliphatic rings. The van der Waals surface area contributed by atoms with Gasteiger partial charge in [-0.1, -0.05) is 6.92 Å². The van der Waals surface area contributed by atoms with Crippen LogP contribution >= 0.6 is 0 Å². The van der Waals surface area contributed by atoms with E-state index in [2.05, 4.69) is 17.3 Å². The van der Waals surface area contributed by atoms with Gasteiger partial charge in [0.15, 0.2) is 5.79 Å². The zero-order chi connectivity index (χ0) is 17.2. The quantitative estimate of drug-likeness (QED) is 0.893. The maximum Gasteiger partial charge on any atom is 0.317 e. The van der Waals surface area contributed by atoms with E-state index in [9.17, 15) is 4.79 Å². The van der Waals surface area contributed by atoms with Crippen molar-refractivity contribution in [2.24, 2.45) is 13.0 Å². The Labute approximate surface area is 143 Å². The van der Waals surface area contributed by atoms with Crippen molar-refractivity contribution in [2.75, 3.05) is 26.3 Å². The highest BCUT2D eigenvalue weighted by Gasteiger charge is 2.34. The van der Waals surface area contributed by atoms with Crippen LogP contribution in [0.5, 0.6) is 0 Å². The van der Waals surface area contributed by atoms with Gasteiger partial charge in [-0.15, -0.1) is 0 Å². The second-order valence-corrected chi connectivity index (χ2v) is 7.12. The van der Waals surface area contributed by atoms with Gasteiger partial charge in [-0.2, -0.15) is 5.10 Å². The number of carbonyl (C=O) groups is 1. The number of aryl methyl sites for hydroxylation is 1. The summed E-state index contributed by atoms with van der Waals surface area (Å²) in [6.07, 6.45) is 6.65. The van der Waals surface area contributed by atoms with Crippen LogP contribution in [0.3, 0.4) is 0 Å². The van der Waals surface area contributed by atoms with Gasteiger partial charge in [-0.3, -0.25) is 4.68 Å². The lowest BCUT2D eigenvalue weighted by Gasteiger charge is -2.28. The fourth-order valence-corrected chi connectivity index (χ4v) is 3.71. The Morgan fingerprint density at radius 1 is 1.50 bits per heavy atom. The Balaban J connectivity index is 1.50. The molecule has 0 aromatic carbocycles.